The summed E-state index contributed by atoms with van der Waals surface area (Å²) in [6, 6.07) is 16.0. The highest BCUT2D eigenvalue weighted by Crippen LogP contribution is 2.40. The van der Waals surface area contributed by atoms with E-state index in [1.807, 2.05) is 49.5 Å². The van der Waals surface area contributed by atoms with E-state index in [-0.39, 0.29) is 18.0 Å². The van der Waals surface area contributed by atoms with Gasteiger partial charge in [-0.15, -0.1) is 0 Å². The molecule has 0 spiro atoms. The number of nitrogens with zero attached hydrogens (tertiary/aromatic N) is 3. The van der Waals surface area contributed by atoms with Gasteiger partial charge in [-0.25, -0.2) is 0 Å². The largest absolute Gasteiger partial charge is 0.493 e. The average molecular weight is 702 g/mol. The number of hydrogen-bond donors (Lipinski definition) is 2. The highest BCUT2D eigenvalue weighted by molar-refractivity contribution is 7.85. The third-order valence-electron chi connectivity index (χ3n) is 7.61. The van der Waals surface area contributed by atoms with Crippen LogP contribution in [0.3, 0.4) is 0 Å². The Morgan fingerprint density at radius 1 is 1.11 bits per heavy atom. The standard InChI is InChI=1S/C33H34Cl2N4O7S/c1-22-27(34)7-3-9-30(22)45-15-4-10-31(40)39-14-5-16-46-32-26(6-2-8-29(32)39)25-19-37-38(21-25)20-24-12-11-23(18-28(24)35)33(41)36-13-17-47(42,43)44/h2-3,6-9,11-12,18-19,21H,4-5,10,13-17,20H2,1H3,(H,36,41)(H,42,43,44). The fourth-order valence-corrected chi connectivity index (χ4v) is 5.92. The molecule has 0 aliphatic carbocycles. The predicted octanol–water partition coefficient (Wildman–Crippen LogP) is 5.81. The van der Waals surface area contributed by atoms with Gasteiger partial charge in [-0.1, -0.05) is 47.5 Å². The van der Waals surface area contributed by atoms with E-state index in [1.165, 1.54) is 6.07 Å². The van der Waals surface area contributed by atoms with Gasteiger partial charge in [0.05, 0.1) is 37.4 Å². The Labute approximate surface area is 283 Å². The van der Waals surface area contributed by atoms with Crippen LogP contribution in [0.1, 0.15) is 40.7 Å². The van der Waals surface area contributed by atoms with Crippen LogP contribution in [0.15, 0.2) is 67.0 Å². The number of halogens is 2. The second kappa shape index (κ2) is 15.2. The smallest absolute Gasteiger partial charge is 0.266 e. The van der Waals surface area contributed by atoms with Crippen molar-refractivity contribution >= 4 is 50.8 Å². The van der Waals surface area contributed by atoms with Crippen LogP contribution in [0.25, 0.3) is 11.1 Å². The summed E-state index contributed by atoms with van der Waals surface area (Å²) in [5.74, 6) is 0.215. The fourth-order valence-electron chi connectivity index (χ4n) is 5.15. The molecule has 0 unspecified atom stereocenters. The number of fused-ring (bicyclic) bond motifs is 1. The molecule has 0 atom stereocenters. The van der Waals surface area contributed by atoms with Crippen LogP contribution >= 0.6 is 23.2 Å². The molecule has 1 aromatic heterocycles. The van der Waals surface area contributed by atoms with E-state index in [0.29, 0.717) is 78.4 Å². The van der Waals surface area contributed by atoms with Crippen LogP contribution in [-0.2, 0) is 21.5 Å². The molecule has 2 N–H and O–H groups in total. The lowest BCUT2D eigenvalue weighted by Gasteiger charge is -2.23. The fraction of sp³-hybridized carbons (Fsp3) is 0.303. The quantitative estimate of drug-likeness (QED) is 0.140. The number of para-hydroxylation sites is 1. The summed E-state index contributed by atoms with van der Waals surface area (Å²) in [7, 11) is -4.18. The van der Waals surface area contributed by atoms with Crippen LogP contribution in [-0.4, -0.2) is 66.6 Å². The molecule has 11 nitrogen and oxygen atoms in total. The summed E-state index contributed by atoms with van der Waals surface area (Å²) in [5, 5.41) is 7.91. The van der Waals surface area contributed by atoms with Crippen molar-refractivity contribution in [1.82, 2.24) is 15.1 Å². The predicted molar refractivity (Wildman–Crippen MR) is 180 cm³/mol. The minimum Gasteiger partial charge on any atom is -0.493 e. The zero-order valence-corrected chi connectivity index (χ0v) is 27.9. The van der Waals surface area contributed by atoms with E-state index < -0.39 is 21.8 Å². The monoisotopic (exact) mass is 700 g/mol. The lowest BCUT2D eigenvalue weighted by molar-refractivity contribution is -0.118. The van der Waals surface area contributed by atoms with Crippen molar-refractivity contribution in [3.8, 4) is 22.6 Å². The molecular weight excluding hydrogens is 667 g/mol. The van der Waals surface area contributed by atoms with Crippen LogP contribution in [0, 0.1) is 6.92 Å². The first-order chi connectivity index (χ1) is 22.5. The van der Waals surface area contributed by atoms with Crippen molar-refractivity contribution in [2.75, 3.05) is 37.0 Å². The lowest BCUT2D eigenvalue weighted by atomic mass is 10.1. The Bertz CT molecular complexity index is 1880. The second-order valence-corrected chi connectivity index (χ2v) is 13.4. The Hall–Kier alpha value is -4.10. The molecule has 248 valence electrons. The number of rotatable bonds is 12. The summed E-state index contributed by atoms with van der Waals surface area (Å²) in [6.45, 7) is 3.38. The molecule has 1 aliphatic heterocycles. The maximum atomic E-state index is 13.4. The van der Waals surface area contributed by atoms with E-state index >= 15 is 0 Å². The number of hydrogen-bond acceptors (Lipinski definition) is 7. The van der Waals surface area contributed by atoms with Crippen LogP contribution in [0.5, 0.6) is 11.5 Å². The SMILES string of the molecule is Cc1c(Cl)cccc1OCCCC(=O)N1CCCOc2c(-c3cnn(Cc4ccc(C(=O)NCCS(=O)(=O)O)cc4Cl)c3)cccc21. The molecular formula is C33H34Cl2N4O7S. The van der Waals surface area contributed by atoms with E-state index in [4.69, 9.17) is 37.2 Å². The molecule has 3 aromatic carbocycles. The minimum absolute atomic E-state index is 0.0128. The summed E-state index contributed by atoms with van der Waals surface area (Å²) >= 11 is 12.7. The van der Waals surface area contributed by atoms with Crippen molar-refractivity contribution in [3.05, 3.63) is 93.7 Å². The van der Waals surface area contributed by atoms with Gasteiger partial charge in [-0.05, 0) is 55.7 Å². The van der Waals surface area contributed by atoms with Crippen LogP contribution in [0.4, 0.5) is 5.69 Å². The van der Waals surface area contributed by atoms with Crippen LogP contribution < -0.4 is 19.7 Å². The van der Waals surface area contributed by atoms with Gasteiger partial charge in [0.15, 0.2) is 5.75 Å². The van der Waals surface area contributed by atoms with Gasteiger partial charge in [0.2, 0.25) is 5.91 Å². The molecule has 4 aromatic rings. The first-order valence-electron chi connectivity index (χ1n) is 15.0. The van der Waals surface area contributed by atoms with Crippen molar-refractivity contribution in [3.63, 3.8) is 0 Å². The molecule has 2 amide bonds. The normalized spacial score (nSPS) is 13.0. The van der Waals surface area contributed by atoms with E-state index in [1.54, 1.807) is 27.9 Å². The first-order valence-corrected chi connectivity index (χ1v) is 17.4. The number of nitrogens with one attached hydrogen (secondary N) is 1. The van der Waals surface area contributed by atoms with Crippen molar-refractivity contribution in [2.45, 2.75) is 32.7 Å². The maximum Gasteiger partial charge on any atom is 0.266 e. The molecule has 0 saturated heterocycles. The highest BCUT2D eigenvalue weighted by Gasteiger charge is 2.25. The highest BCUT2D eigenvalue weighted by atomic mass is 35.5. The molecule has 0 bridgehead atoms. The molecule has 0 fully saturated rings. The molecule has 5 rings (SSSR count). The number of carbonyl (C=O) groups excluding carboxylic acids is 2. The van der Waals surface area contributed by atoms with Gasteiger partial charge in [0.1, 0.15) is 5.75 Å². The van der Waals surface area contributed by atoms with E-state index in [0.717, 1.165) is 16.7 Å². The third-order valence-corrected chi connectivity index (χ3v) is 9.09. The number of ether oxygens (including phenoxy) is 2. The van der Waals surface area contributed by atoms with Crippen LogP contribution in [0.2, 0.25) is 10.0 Å². The zero-order chi connectivity index (χ0) is 33.6. The molecule has 2 heterocycles. The molecule has 47 heavy (non-hydrogen) atoms. The number of aromatic nitrogens is 2. The first kappa shape index (κ1) is 34.2. The lowest BCUT2D eigenvalue weighted by Crippen LogP contribution is -2.31. The molecule has 14 heteroatoms. The second-order valence-electron chi connectivity index (χ2n) is 11.0. The Kier molecular flexibility index (Phi) is 11.1. The van der Waals surface area contributed by atoms with Crippen molar-refractivity contribution in [1.29, 1.82) is 0 Å². The summed E-state index contributed by atoms with van der Waals surface area (Å²) in [5.41, 5.74) is 4.14. The van der Waals surface area contributed by atoms with Gasteiger partial charge < -0.3 is 19.7 Å². The molecule has 0 radical (unpaired) electrons. The van der Waals surface area contributed by atoms with E-state index in [2.05, 4.69) is 10.4 Å². The third kappa shape index (κ3) is 8.83. The Balaban J connectivity index is 1.24. The summed E-state index contributed by atoms with van der Waals surface area (Å²) in [4.78, 5) is 27.5. The topological polar surface area (TPSA) is 140 Å². The Morgan fingerprint density at radius 2 is 1.91 bits per heavy atom. The maximum absolute atomic E-state index is 13.4. The molecule has 1 aliphatic rings. The zero-order valence-electron chi connectivity index (χ0n) is 25.6. The summed E-state index contributed by atoms with van der Waals surface area (Å²) in [6.07, 6.45) is 5.12. The van der Waals surface area contributed by atoms with Gasteiger partial charge in [-0.2, -0.15) is 13.5 Å². The van der Waals surface area contributed by atoms with Gasteiger partial charge in [0.25, 0.3) is 16.0 Å². The summed E-state index contributed by atoms with van der Waals surface area (Å²) < 4.78 is 44.4. The Morgan fingerprint density at radius 3 is 2.70 bits per heavy atom. The van der Waals surface area contributed by atoms with Gasteiger partial charge in [0, 0.05) is 58.0 Å². The minimum atomic E-state index is -4.18. The number of anilines is 1. The van der Waals surface area contributed by atoms with Gasteiger partial charge in [-0.3, -0.25) is 18.8 Å². The van der Waals surface area contributed by atoms with Crippen molar-refractivity contribution in [2.24, 2.45) is 0 Å². The average Bonchev–Trinajstić information content (AvgIpc) is 3.38. The number of amides is 2. The van der Waals surface area contributed by atoms with Crippen molar-refractivity contribution < 1.29 is 32.0 Å². The number of carbonyl (C=O) groups is 2. The van der Waals surface area contributed by atoms with E-state index in [9.17, 15) is 18.0 Å². The van der Waals surface area contributed by atoms with Gasteiger partial charge >= 0.3 is 0 Å². The number of benzene rings is 3. The molecule has 0 saturated carbocycles.